The number of aliphatic hydroxyl groups excluding tert-OH is 1. The molecule has 5 heteroatoms. The van der Waals surface area contributed by atoms with Crippen LogP contribution in [0.15, 0.2) is 48.5 Å². The maximum atomic E-state index is 12.0. The normalized spacial score (nSPS) is 11.8. The summed E-state index contributed by atoms with van der Waals surface area (Å²) in [5.74, 6) is 0.377. The number of halogens is 1. The first kappa shape index (κ1) is 16.3. The number of carbonyl (C=O) groups excluding carboxylic acids is 1. The third-order valence-electron chi connectivity index (χ3n) is 3.24. The average molecular weight is 320 g/mol. The van der Waals surface area contributed by atoms with Crippen LogP contribution < -0.4 is 10.1 Å². The van der Waals surface area contributed by atoms with Crippen LogP contribution in [0, 0.1) is 6.92 Å². The van der Waals surface area contributed by atoms with Crippen molar-refractivity contribution in [2.75, 3.05) is 13.2 Å². The number of nitrogens with one attached hydrogen (secondary N) is 1. The fourth-order valence-corrected chi connectivity index (χ4v) is 2.15. The van der Waals surface area contributed by atoms with Gasteiger partial charge in [-0.05, 0) is 36.2 Å². The minimum Gasteiger partial charge on any atom is -0.484 e. The van der Waals surface area contributed by atoms with E-state index in [9.17, 15) is 9.90 Å². The Labute approximate surface area is 134 Å². The highest BCUT2D eigenvalue weighted by molar-refractivity contribution is 6.30. The van der Waals surface area contributed by atoms with E-state index in [0.29, 0.717) is 10.8 Å². The molecule has 2 aromatic carbocycles. The van der Waals surface area contributed by atoms with Gasteiger partial charge in [0.1, 0.15) is 5.75 Å². The fraction of sp³-hybridized carbons (Fsp3) is 0.235. The minimum absolute atomic E-state index is 0.102. The molecule has 2 aromatic rings. The first-order valence-corrected chi connectivity index (χ1v) is 7.32. The lowest BCUT2D eigenvalue weighted by atomic mass is 10.1. The zero-order valence-corrected chi connectivity index (χ0v) is 13.0. The quantitative estimate of drug-likeness (QED) is 0.860. The summed E-state index contributed by atoms with van der Waals surface area (Å²) in [6.07, 6.45) is 0. The van der Waals surface area contributed by atoms with Crippen molar-refractivity contribution < 1.29 is 14.6 Å². The zero-order valence-electron chi connectivity index (χ0n) is 12.3. The van der Waals surface area contributed by atoms with Gasteiger partial charge in [-0.2, -0.15) is 0 Å². The molecule has 0 saturated carbocycles. The summed E-state index contributed by atoms with van der Waals surface area (Å²) >= 11 is 5.83. The summed E-state index contributed by atoms with van der Waals surface area (Å²) in [5, 5.41) is 12.8. The van der Waals surface area contributed by atoms with Gasteiger partial charge >= 0.3 is 0 Å². The Kier molecular flexibility index (Phi) is 5.81. The second kappa shape index (κ2) is 7.82. The lowest BCUT2D eigenvalue weighted by molar-refractivity contribution is -0.124. The molecular weight excluding hydrogens is 302 g/mol. The molecule has 1 amide bonds. The Morgan fingerprint density at radius 1 is 1.23 bits per heavy atom. The van der Waals surface area contributed by atoms with Gasteiger partial charge in [0.2, 0.25) is 0 Å². The summed E-state index contributed by atoms with van der Waals surface area (Å²) in [6, 6.07) is 14.0. The topological polar surface area (TPSA) is 58.6 Å². The Hall–Kier alpha value is -2.04. The number of aliphatic hydroxyl groups is 1. The molecule has 0 spiro atoms. The number of hydrogen-bond acceptors (Lipinski definition) is 3. The van der Waals surface area contributed by atoms with Crippen LogP contribution in [-0.2, 0) is 4.79 Å². The fourth-order valence-electron chi connectivity index (χ4n) is 2.03. The lowest BCUT2D eigenvalue weighted by Gasteiger charge is -2.17. The van der Waals surface area contributed by atoms with Crippen molar-refractivity contribution in [2.24, 2.45) is 0 Å². The molecule has 0 aliphatic heterocycles. The first-order chi connectivity index (χ1) is 10.6. The van der Waals surface area contributed by atoms with Gasteiger partial charge in [-0.25, -0.2) is 0 Å². The molecule has 4 nitrogen and oxygen atoms in total. The van der Waals surface area contributed by atoms with Gasteiger partial charge in [0.15, 0.2) is 6.61 Å². The van der Waals surface area contributed by atoms with Crippen LogP contribution in [0.4, 0.5) is 0 Å². The van der Waals surface area contributed by atoms with Gasteiger partial charge in [-0.1, -0.05) is 41.9 Å². The number of benzene rings is 2. The van der Waals surface area contributed by atoms with Crippen LogP contribution in [0.25, 0.3) is 0 Å². The summed E-state index contributed by atoms with van der Waals surface area (Å²) in [6.45, 7) is 1.62. The van der Waals surface area contributed by atoms with E-state index in [0.717, 1.165) is 11.1 Å². The molecule has 0 radical (unpaired) electrons. The standard InChI is InChI=1S/C17H18ClNO3/c1-12-4-2-3-5-16(12)22-11-17(21)19-15(10-20)13-6-8-14(18)9-7-13/h2-9,15,20H,10-11H2,1H3,(H,19,21). The van der Waals surface area contributed by atoms with Crippen LogP contribution in [0.2, 0.25) is 5.02 Å². The largest absolute Gasteiger partial charge is 0.484 e. The number of ether oxygens (including phenoxy) is 1. The van der Waals surface area contributed by atoms with E-state index < -0.39 is 6.04 Å². The van der Waals surface area contributed by atoms with E-state index in [-0.39, 0.29) is 19.1 Å². The van der Waals surface area contributed by atoms with Crippen LogP contribution in [0.5, 0.6) is 5.75 Å². The first-order valence-electron chi connectivity index (χ1n) is 6.94. The number of aryl methyl sites for hydroxylation is 1. The van der Waals surface area contributed by atoms with Crippen molar-refractivity contribution in [3.8, 4) is 5.75 Å². The Bertz CT molecular complexity index is 628. The van der Waals surface area contributed by atoms with Gasteiger partial charge in [0, 0.05) is 5.02 Å². The van der Waals surface area contributed by atoms with Crippen molar-refractivity contribution in [3.05, 3.63) is 64.7 Å². The highest BCUT2D eigenvalue weighted by Gasteiger charge is 2.14. The third-order valence-corrected chi connectivity index (χ3v) is 3.49. The van der Waals surface area contributed by atoms with E-state index in [1.165, 1.54) is 0 Å². The number of carbonyl (C=O) groups is 1. The van der Waals surface area contributed by atoms with E-state index in [2.05, 4.69) is 5.32 Å². The molecule has 116 valence electrons. The van der Waals surface area contributed by atoms with Crippen LogP contribution >= 0.6 is 11.6 Å². The molecule has 2 rings (SSSR count). The van der Waals surface area contributed by atoms with E-state index in [4.69, 9.17) is 16.3 Å². The molecule has 1 unspecified atom stereocenters. The van der Waals surface area contributed by atoms with Gasteiger partial charge in [0.05, 0.1) is 12.6 Å². The molecule has 0 aliphatic carbocycles. The van der Waals surface area contributed by atoms with E-state index >= 15 is 0 Å². The Morgan fingerprint density at radius 2 is 1.91 bits per heavy atom. The predicted molar refractivity (Wildman–Crippen MR) is 86.1 cm³/mol. The molecule has 22 heavy (non-hydrogen) atoms. The third kappa shape index (κ3) is 4.48. The molecular formula is C17H18ClNO3. The SMILES string of the molecule is Cc1ccccc1OCC(=O)NC(CO)c1ccc(Cl)cc1. The van der Waals surface area contributed by atoms with Gasteiger partial charge in [-0.3, -0.25) is 4.79 Å². The van der Waals surface area contributed by atoms with Crippen LogP contribution in [0.3, 0.4) is 0 Å². The van der Waals surface area contributed by atoms with Gasteiger partial charge in [-0.15, -0.1) is 0 Å². The maximum Gasteiger partial charge on any atom is 0.258 e. The molecule has 0 fully saturated rings. The number of hydrogen-bond donors (Lipinski definition) is 2. The monoisotopic (exact) mass is 319 g/mol. The Morgan fingerprint density at radius 3 is 2.55 bits per heavy atom. The highest BCUT2D eigenvalue weighted by atomic mass is 35.5. The second-order valence-electron chi connectivity index (χ2n) is 4.91. The maximum absolute atomic E-state index is 12.0. The summed E-state index contributed by atoms with van der Waals surface area (Å²) in [4.78, 5) is 12.0. The highest BCUT2D eigenvalue weighted by Crippen LogP contribution is 2.17. The summed E-state index contributed by atoms with van der Waals surface area (Å²) in [7, 11) is 0. The number of amides is 1. The van der Waals surface area contributed by atoms with Crippen LogP contribution in [-0.4, -0.2) is 24.2 Å². The minimum atomic E-state index is -0.481. The zero-order chi connectivity index (χ0) is 15.9. The molecule has 0 aliphatic rings. The molecule has 0 aromatic heterocycles. The second-order valence-corrected chi connectivity index (χ2v) is 5.34. The molecule has 1 atom stereocenters. The smallest absolute Gasteiger partial charge is 0.258 e. The lowest BCUT2D eigenvalue weighted by Crippen LogP contribution is -2.34. The van der Waals surface area contributed by atoms with Gasteiger partial charge < -0.3 is 15.2 Å². The van der Waals surface area contributed by atoms with E-state index in [1.54, 1.807) is 24.3 Å². The van der Waals surface area contributed by atoms with Crippen molar-refractivity contribution >= 4 is 17.5 Å². The molecule has 0 heterocycles. The van der Waals surface area contributed by atoms with Crippen LogP contribution in [0.1, 0.15) is 17.2 Å². The summed E-state index contributed by atoms with van der Waals surface area (Å²) in [5.41, 5.74) is 1.75. The molecule has 2 N–H and O–H groups in total. The number of rotatable bonds is 6. The average Bonchev–Trinajstić information content (AvgIpc) is 2.53. The van der Waals surface area contributed by atoms with Crippen molar-refractivity contribution in [1.82, 2.24) is 5.32 Å². The molecule has 0 saturated heterocycles. The van der Waals surface area contributed by atoms with Crippen molar-refractivity contribution in [1.29, 1.82) is 0 Å². The van der Waals surface area contributed by atoms with Crippen molar-refractivity contribution in [2.45, 2.75) is 13.0 Å². The molecule has 0 bridgehead atoms. The van der Waals surface area contributed by atoms with E-state index in [1.807, 2.05) is 31.2 Å². The summed E-state index contributed by atoms with van der Waals surface area (Å²) < 4.78 is 5.48. The van der Waals surface area contributed by atoms with Gasteiger partial charge in [0.25, 0.3) is 5.91 Å². The predicted octanol–water partition coefficient (Wildman–Crippen LogP) is 2.88. The number of para-hydroxylation sites is 1. The Balaban J connectivity index is 1.92. The van der Waals surface area contributed by atoms with Crippen molar-refractivity contribution in [3.63, 3.8) is 0 Å².